The summed E-state index contributed by atoms with van der Waals surface area (Å²) in [4.78, 5) is -2.08. The van der Waals surface area contributed by atoms with Crippen LogP contribution in [0.1, 0.15) is 0 Å². The summed E-state index contributed by atoms with van der Waals surface area (Å²) >= 11 is 0. The molecular weight excluding hydrogens is 264 g/mol. The van der Waals surface area contributed by atoms with E-state index in [-0.39, 0.29) is 6.20 Å². The van der Waals surface area contributed by atoms with Crippen molar-refractivity contribution in [1.82, 2.24) is 4.90 Å². The maximum atomic E-state index is 12.1. The summed E-state index contributed by atoms with van der Waals surface area (Å²) in [6, 6.07) is 0. The first kappa shape index (κ1) is 15.1. The Morgan fingerprint density at radius 1 is 1.06 bits per heavy atom. The van der Waals surface area contributed by atoms with Gasteiger partial charge in [0.15, 0.2) is 4.91 Å². The summed E-state index contributed by atoms with van der Waals surface area (Å²) in [5.41, 5.74) is -5.98. The van der Waals surface area contributed by atoms with Gasteiger partial charge in [-0.15, -0.1) is 0 Å². The summed E-state index contributed by atoms with van der Waals surface area (Å²) < 4.78 is 93.3. The topological polar surface area (TPSA) is 37.4 Å². The predicted octanol–water partition coefficient (Wildman–Crippen LogP) is 1.89. The van der Waals surface area contributed by atoms with Gasteiger partial charge in [0, 0.05) is 20.3 Å². The number of allylic oxidation sites excluding steroid dienone is 1. The Morgan fingerprint density at radius 2 is 1.44 bits per heavy atom. The molecule has 0 spiro atoms. The van der Waals surface area contributed by atoms with Crippen LogP contribution in [0.25, 0.3) is 0 Å². The van der Waals surface area contributed by atoms with Gasteiger partial charge in [0.2, 0.25) is 0 Å². The second-order valence-corrected chi connectivity index (χ2v) is 4.81. The normalized spacial score (nSPS) is 15.1. The highest BCUT2D eigenvalue weighted by atomic mass is 32.2. The lowest BCUT2D eigenvalue weighted by atomic mass is 10.6. The third kappa shape index (κ3) is 3.29. The number of nitrogens with zero attached hydrogens (tertiary/aromatic N) is 1. The van der Waals surface area contributed by atoms with Gasteiger partial charge in [-0.1, -0.05) is 0 Å². The van der Waals surface area contributed by atoms with Gasteiger partial charge in [0.05, 0.1) is 0 Å². The average Bonchev–Trinajstić information content (AvgIpc) is 1.95. The van der Waals surface area contributed by atoms with Crippen LogP contribution in [-0.2, 0) is 9.84 Å². The fourth-order valence-corrected chi connectivity index (χ4v) is 1.56. The van der Waals surface area contributed by atoms with Gasteiger partial charge in [-0.3, -0.25) is 0 Å². The molecule has 0 aromatic rings. The van der Waals surface area contributed by atoms with E-state index >= 15 is 0 Å². The molecule has 0 aromatic heterocycles. The van der Waals surface area contributed by atoms with Crippen LogP contribution in [0.3, 0.4) is 0 Å². The first-order valence-corrected chi connectivity index (χ1v) is 5.05. The minimum absolute atomic E-state index is 0.136. The van der Waals surface area contributed by atoms with Crippen LogP contribution < -0.4 is 0 Å². The molecule has 3 nitrogen and oxygen atoms in total. The smallest absolute Gasteiger partial charge is 0.382 e. The number of hydrogen-bond donors (Lipinski definition) is 0. The quantitative estimate of drug-likeness (QED) is 0.720. The van der Waals surface area contributed by atoms with Gasteiger partial charge in [-0.05, 0) is 0 Å². The SMILES string of the molecule is CN(C)/C=C(/C(F)(F)F)S(=O)(=O)C(F)(F)F. The largest absolute Gasteiger partial charge is 0.501 e. The van der Waals surface area contributed by atoms with Gasteiger partial charge in [0.1, 0.15) is 0 Å². The van der Waals surface area contributed by atoms with Crippen molar-refractivity contribution in [3.8, 4) is 0 Å². The maximum Gasteiger partial charge on any atom is 0.501 e. The summed E-state index contributed by atoms with van der Waals surface area (Å²) in [7, 11) is -4.46. The van der Waals surface area contributed by atoms with Crippen molar-refractivity contribution in [3.05, 3.63) is 11.1 Å². The molecule has 0 aliphatic carbocycles. The molecule has 96 valence electrons. The van der Waals surface area contributed by atoms with E-state index < -0.39 is 26.4 Å². The summed E-state index contributed by atoms with van der Waals surface area (Å²) in [6.45, 7) is 0. The number of sulfone groups is 1. The van der Waals surface area contributed by atoms with Crippen LogP contribution in [0.5, 0.6) is 0 Å². The number of alkyl halides is 6. The molecule has 0 N–H and O–H groups in total. The van der Waals surface area contributed by atoms with Gasteiger partial charge >= 0.3 is 11.7 Å². The molecule has 0 rings (SSSR count). The van der Waals surface area contributed by atoms with Gasteiger partial charge in [0.25, 0.3) is 9.84 Å². The highest BCUT2D eigenvalue weighted by Gasteiger charge is 2.56. The van der Waals surface area contributed by atoms with Crippen LogP contribution in [0.15, 0.2) is 11.1 Å². The van der Waals surface area contributed by atoms with Crippen LogP contribution in [0.2, 0.25) is 0 Å². The minimum atomic E-state index is -6.40. The lowest BCUT2D eigenvalue weighted by Crippen LogP contribution is -2.32. The van der Waals surface area contributed by atoms with Crippen molar-refractivity contribution in [2.75, 3.05) is 14.1 Å². The molecule has 0 heterocycles. The molecular formula is C6H7F6NO2S. The third-order valence-electron chi connectivity index (χ3n) is 1.25. The van der Waals surface area contributed by atoms with E-state index in [0.717, 1.165) is 14.1 Å². The Balaban J connectivity index is 5.78. The van der Waals surface area contributed by atoms with Crippen molar-refractivity contribution >= 4 is 9.84 Å². The third-order valence-corrected chi connectivity index (χ3v) is 2.77. The van der Waals surface area contributed by atoms with E-state index in [4.69, 9.17) is 0 Å². The van der Waals surface area contributed by atoms with E-state index in [1.54, 1.807) is 0 Å². The fourth-order valence-electron chi connectivity index (χ4n) is 0.654. The zero-order chi connectivity index (χ0) is 13.4. The molecule has 0 bridgehead atoms. The fraction of sp³-hybridized carbons (Fsp3) is 0.667. The van der Waals surface area contributed by atoms with Gasteiger partial charge in [-0.25, -0.2) is 8.42 Å². The molecule has 0 fully saturated rings. The predicted molar refractivity (Wildman–Crippen MR) is 42.8 cm³/mol. The van der Waals surface area contributed by atoms with E-state index in [1.807, 2.05) is 0 Å². The standard InChI is InChI=1S/C6H7F6NO2S/c1-13(2)3-4(5(7,8)9)16(14,15)6(10,11)12/h3H,1-2H3/b4-3-. The highest BCUT2D eigenvalue weighted by Crippen LogP contribution is 2.38. The van der Waals surface area contributed by atoms with Crippen molar-refractivity contribution in [2.24, 2.45) is 0 Å². The molecule has 0 aromatic carbocycles. The molecule has 16 heavy (non-hydrogen) atoms. The zero-order valence-corrected chi connectivity index (χ0v) is 8.83. The molecule has 0 saturated heterocycles. The van der Waals surface area contributed by atoms with Crippen LogP contribution >= 0.6 is 0 Å². The first-order valence-electron chi connectivity index (χ1n) is 3.57. The summed E-state index contributed by atoms with van der Waals surface area (Å²) in [5, 5.41) is 0. The molecule has 0 unspecified atom stereocenters. The van der Waals surface area contributed by atoms with Crippen molar-refractivity contribution < 1.29 is 34.8 Å². The van der Waals surface area contributed by atoms with Gasteiger partial charge < -0.3 is 4.90 Å². The molecule has 0 aliphatic heterocycles. The summed E-state index contributed by atoms with van der Waals surface area (Å²) in [5.74, 6) is 0. The second kappa shape index (κ2) is 4.15. The van der Waals surface area contributed by atoms with Crippen LogP contribution in [0, 0.1) is 0 Å². The van der Waals surface area contributed by atoms with Crippen molar-refractivity contribution in [1.29, 1.82) is 0 Å². The Labute approximate surface area is 87.3 Å². The molecule has 0 saturated carbocycles. The molecule has 0 amide bonds. The molecule has 0 aliphatic rings. The van der Waals surface area contributed by atoms with E-state index in [2.05, 4.69) is 0 Å². The van der Waals surface area contributed by atoms with E-state index in [0.29, 0.717) is 4.90 Å². The lowest BCUT2D eigenvalue weighted by molar-refractivity contribution is -0.0901. The van der Waals surface area contributed by atoms with E-state index in [9.17, 15) is 34.8 Å². The lowest BCUT2D eigenvalue weighted by Gasteiger charge is -2.16. The zero-order valence-electron chi connectivity index (χ0n) is 8.02. The van der Waals surface area contributed by atoms with Crippen molar-refractivity contribution in [2.45, 2.75) is 11.7 Å². The van der Waals surface area contributed by atoms with Crippen molar-refractivity contribution in [3.63, 3.8) is 0 Å². The Hall–Kier alpha value is -0.930. The summed E-state index contributed by atoms with van der Waals surface area (Å²) in [6.07, 6.45) is -5.73. The number of rotatable bonds is 2. The van der Waals surface area contributed by atoms with Crippen LogP contribution in [-0.4, -0.2) is 39.1 Å². The Kier molecular flexibility index (Phi) is 3.91. The van der Waals surface area contributed by atoms with Crippen LogP contribution in [0.4, 0.5) is 26.3 Å². The molecule has 10 heteroatoms. The molecule has 0 radical (unpaired) electrons. The monoisotopic (exact) mass is 271 g/mol. The Bertz CT molecular complexity index is 377. The average molecular weight is 271 g/mol. The number of hydrogen-bond acceptors (Lipinski definition) is 3. The maximum absolute atomic E-state index is 12.1. The second-order valence-electron chi connectivity index (χ2n) is 2.90. The highest BCUT2D eigenvalue weighted by molar-refractivity contribution is 7.96. The number of halogens is 6. The first-order chi connectivity index (χ1) is 6.80. The molecule has 0 atom stereocenters. The Morgan fingerprint density at radius 3 is 1.62 bits per heavy atom. The minimum Gasteiger partial charge on any atom is -0.382 e. The van der Waals surface area contributed by atoms with E-state index in [1.165, 1.54) is 0 Å². The van der Waals surface area contributed by atoms with Gasteiger partial charge in [-0.2, -0.15) is 26.3 Å².